The summed E-state index contributed by atoms with van der Waals surface area (Å²) in [6.45, 7) is 5.57. The number of nitrogens with one attached hydrogen (secondary N) is 1. The van der Waals surface area contributed by atoms with E-state index in [1.807, 2.05) is 31.2 Å². The molecule has 0 bridgehead atoms. The van der Waals surface area contributed by atoms with Gasteiger partial charge in [0.1, 0.15) is 18.1 Å². The van der Waals surface area contributed by atoms with E-state index < -0.39 is 10.0 Å². The second-order valence-corrected chi connectivity index (χ2v) is 8.91. The molecule has 0 radical (unpaired) electrons. The maximum Gasteiger partial charge on any atom is 0.240 e. The van der Waals surface area contributed by atoms with Crippen LogP contribution in [0.5, 0.6) is 11.5 Å². The Kier molecular flexibility index (Phi) is 7.95. The zero-order valence-electron chi connectivity index (χ0n) is 17.5. The van der Waals surface area contributed by atoms with E-state index >= 15 is 0 Å². The van der Waals surface area contributed by atoms with E-state index in [1.54, 1.807) is 31.4 Å². The molecule has 7 nitrogen and oxygen atoms in total. The van der Waals surface area contributed by atoms with Crippen LogP contribution in [0, 0.1) is 5.92 Å². The SMILES string of the molecule is CCOCCOc1ccc(S(=O)(=O)NCC2CCN(c3ccccc3OC)C2)cc1. The zero-order chi connectivity index (χ0) is 21.4. The van der Waals surface area contributed by atoms with Crippen molar-refractivity contribution in [3.05, 3.63) is 48.5 Å². The van der Waals surface area contributed by atoms with Crippen LogP contribution in [0.2, 0.25) is 0 Å². The Morgan fingerprint density at radius 2 is 1.87 bits per heavy atom. The number of rotatable bonds is 11. The van der Waals surface area contributed by atoms with Gasteiger partial charge in [-0.25, -0.2) is 13.1 Å². The summed E-state index contributed by atoms with van der Waals surface area (Å²) >= 11 is 0. The van der Waals surface area contributed by atoms with Gasteiger partial charge in [0.15, 0.2) is 0 Å². The molecule has 1 fully saturated rings. The van der Waals surface area contributed by atoms with Crippen molar-refractivity contribution < 1.29 is 22.6 Å². The third kappa shape index (κ3) is 5.87. The highest BCUT2D eigenvalue weighted by Crippen LogP contribution is 2.31. The summed E-state index contributed by atoms with van der Waals surface area (Å²) in [6.07, 6.45) is 0.924. The lowest BCUT2D eigenvalue weighted by Gasteiger charge is -2.21. The largest absolute Gasteiger partial charge is 0.495 e. The number of sulfonamides is 1. The third-order valence-corrected chi connectivity index (χ3v) is 6.55. The van der Waals surface area contributed by atoms with Gasteiger partial charge in [0.25, 0.3) is 0 Å². The number of methoxy groups -OCH3 is 1. The van der Waals surface area contributed by atoms with Crippen LogP contribution in [0.1, 0.15) is 13.3 Å². The molecule has 2 aromatic rings. The van der Waals surface area contributed by atoms with Crippen LogP contribution in [0.15, 0.2) is 53.4 Å². The molecule has 2 aromatic carbocycles. The van der Waals surface area contributed by atoms with E-state index in [-0.39, 0.29) is 10.8 Å². The quantitative estimate of drug-likeness (QED) is 0.548. The Balaban J connectivity index is 1.51. The summed E-state index contributed by atoms with van der Waals surface area (Å²) in [5.74, 6) is 1.70. The second kappa shape index (κ2) is 10.7. The van der Waals surface area contributed by atoms with Gasteiger partial charge in [-0.2, -0.15) is 0 Å². The average Bonchev–Trinajstić information content (AvgIpc) is 3.25. The molecule has 1 aliphatic rings. The van der Waals surface area contributed by atoms with Crippen molar-refractivity contribution >= 4 is 15.7 Å². The Morgan fingerprint density at radius 1 is 1.10 bits per heavy atom. The number of nitrogens with zero attached hydrogens (tertiary/aromatic N) is 1. The van der Waals surface area contributed by atoms with Gasteiger partial charge in [0.2, 0.25) is 10.0 Å². The molecule has 0 aliphatic carbocycles. The lowest BCUT2D eigenvalue weighted by molar-refractivity contribution is 0.110. The van der Waals surface area contributed by atoms with Crippen molar-refractivity contribution in [3.63, 3.8) is 0 Å². The van der Waals surface area contributed by atoms with Gasteiger partial charge < -0.3 is 19.1 Å². The Hall–Kier alpha value is -2.29. The van der Waals surface area contributed by atoms with E-state index in [0.717, 1.165) is 30.9 Å². The Labute approximate surface area is 179 Å². The molecule has 0 saturated carbocycles. The minimum Gasteiger partial charge on any atom is -0.495 e. The van der Waals surface area contributed by atoms with Crippen molar-refractivity contribution in [1.82, 2.24) is 4.72 Å². The molecule has 1 atom stereocenters. The number of para-hydroxylation sites is 2. The van der Waals surface area contributed by atoms with Gasteiger partial charge in [-0.3, -0.25) is 0 Å². The highest BCUT2D eigenvalue weighted by Gasteiger charge is 2.26. The number of ether oxygens (including phenoxy) is 3. The molecule has 1 saturated heterocycles. The molecule has 1 unspecified atom stereocenters. The molecule has 1 aliphatic heterocycles. The normalized spacial score (nSPS) is 16.6. The first-order valence-electron chi connectivity index (χ1n) is 10.2. The molecule has 0 aromatic heterocycles. The van der Waals surface area contributed by atoms with Gasteiger partial charge in [-0.15, -0.1) is 0 Å². The van der Waals surface area contributed by atoms with Crippen LogP contribution >= 0.6 is 0 Å². The summed E-state index contributed by atoms with van der Waals surface area (Å²) < 4.78 is 44.2. The predicted octanol–water partition coefficient (Wildman–Crippen LogP) is 2.92. The molecule has 3 rings (SSSR count). The first-order valence-corrected chi connectivity index (χ1v) is 11.7. The fourth-order valence-electron chi connectivity index (χ4n) is 3.50. The third-order valence-electron chi connectivity index (χ3n) is 5.11. The lowest BCUT2D eigenvalue weighted by Crippen LogP contribution is -2.31. The van der Waals surface area contributed by atoms with Crippen LogP contribution in [0.3, 0.4) is 0 Å². The average molecular weight is 435 g/mol. The van der Waals surface area contributed by atoms with Gasteiger partial charge in [-0.05, 0) is 55.7 Å². The Morgan fingerprint density at radius 3 is 2.60 bits per heavy atom. The number of hydrogen-bond acceptors (Lipinski definition) is 6. The molecule has 0 amide bonds. The zero-order valence-corrected chi connectivity index (χ0v) is 18.4. The van der Waals surface area contributed by atoms with E-state index in [2.05, 4.69) is 9.62 Å². The van der Waals surface area contributed by atoms with Crippen molar-refractivity contribution in [1.29, 1.82) is 0 Å². The fraction of sp³-hybridized carbons (Fsp3) is 0.455. The molecule has 1 heterocycles. The van der Waals surface area contributed by atoms with Gasteiger partial charge >= 0.3 is 0 Å². The first kappa shape index (κ1) is 22.4. The lowest BCUT2D eigenvalue weighted by atomic mass is 10.1. The topological polar surface area (TPSA) is 77.1 Å². The summed E-state index contributed by atoms with van der Waals surface area (Å²) in [7, 11) is -1.90. The van der Waals surface area contributed by atoms with Crippen molar-refractivity contribution in [2.75, 3.05) is 51.5 Å². The predicted molar refractivity (Wildman–Crippen MR) is 117 cm³/mol. The molecule has 0 spiro atoms. The fourth-order valence-corrected chi connectivity index (χ4v) is 4.61. The van der Waals surface area contributed by atoms with E-state index in [0.29, 0.717) is 32.1 Å². The van der Waals surface area contributed by atoms with Gasteiger partial charge in [-0.1, -0.05) is 12.1 Å². The maximum atomic E-state index is 12.6. The summed E-state index contributed by atoms with van der Waals surface area (Å²) in [5.41, 5.74) is 1.05. The summed E-state index contributed by atoms with van der Waals surface area (Å²) in [4.78, 5) is 2.48. The van der Waals surface area contributed by atoms with Crippen molar-refractivity contribution in [2.24, 2.45) is 5.92 Å². The highest BCUT2D eigenvalue weighted by molar-refractivity contribution is 7.89. The number of hydrogen-bond donors (Lipinski definition) is 1. The monoisotopic (exact) mass is 434 g/mol. The number of anilines is 1. The Bertz CT molecular complexity index is 902. The van der Waals surface area contributed by atoms with E-state index in [9.17, 15) is 8.42 Å². The first-order chi connectivity index (χ1) is 14.5. The minimum atomic E-state index is -3.56. The van der Waals surface area contributed by atoms with E-state index in [4.69, 9.17) is 14.2 Å². The van der Waals surface area contributed by atoms with Crippen LogP contribution in [0.4, 0.5) is 5.69 Å². The van der Waals surface area contributed by atoms with Crippen LogP contribution < -0.4 is 19.1 Å². The number of benzene rings is 2. The molecule has 164 valence electrons. The van der Waals surface area contributed by atoms with Crippen LogP contribution in [-0.4, -0.2) is 55.0 Å². The molecular weight excluding hydrogens is 404 g/mol. The van der Waals surface area contributed by atoms with Crippen LogP contribution in [-0.2, 0) is 14.8 Å². The summed E-state index contributed by atoms with van der Waals surface area (Å²) in [5, 5.41) is 0. The molecule has 30 heavy (non-hydrogen) atoms. The maximum absolute atomic E-state index is 12.6. The van der Waals surface area contributed by atoms with E-state index in [1.165, 1.54) is 0 Å². The van der Waals surface area contributed by atoms with Gasteiger partial charge in [0.05, 0.1) is 24.3 Å². The molecular formula is C22H30N2O5S. The standard InChI is InChI=1S/C22H30N2O5S/c1-3-28-14-15-29-19-8-10-20(11-9-19)30(25,26)23-16-18-12-13-24(17-18)21-6-4-5-7-22(21)27-2/h4-11,18,23H,3,12-17H2,1-2H3. The van der Waals surface area contributed by atoms with Crippen molar-refractivity contribution in [3.8, 4) is 11.5 Å². The van der Waals surface area contributed by atoms with Crippen molar-refractivity contribution in [2.45, 2.75) is 18.2 Å². The molecule has 8 heteroatoms. The summed E-state index contributed by atoms with van der Waals surface area (Å²) in [6, 6.07) is 14.4. The smallest absolute Gasteiger partial charge is 0.240 e. The van der Waals surface area contributed by atoms with Crippen LogP contribution in [0.25, 0.3) is 0 Å². The highest BCUT2D eigenvalue weighted by atomic mass is 32.2. The minimum absolute atomic E-state index is 0.235. The molecule has 1 N–H and O–H groups in total. The van der Waals surface area contributed by atoms with Gasteiger partial charge in [0, 0.05) is 26.2 Å². The second-order valence-electron chi connectivity index (χ2n) is 7.14.